The molecule has 0 spiro atoms. The first-order valence-electron chi connectivity index (χ1n) is 3.78. The fourth-order valence-electron chi connectivity index (χ4n) is 0.776. The monoisotopic (exact) mass is 201 g/mol. The third kappa shape index (κ3) is 3.46. The second-order valence-corrected chi connectivity index (χ2v) is 5.82. The summed E-state index contributed by atoms with van der Waals surface area (Å²) in [5.41, 5.74) is 0. The van der Waals surface area contributed by atoms with E-state index in [1.807, 2.05) is 12.1 Å². The van der Waals surface area contributed by atoms with E-state index in [2.05, 4.69) is 25.8 Å². The molecule has 0 aliphatic rings. The Bertz CT molecular complexity index is 250. The molecule has 0 unspecified atom stereocenters. The molecular weight excluding hydrogens is 190 g/mol. The van der Waals surface area contributed by atoms with E-state index in [-0.39, 0.29) is 4.75 Å². The molecule has 0 bridgehead atoms. The van der Waals surface area contributed by atoms with Gasteiger partial charge in [0.2, 0.25) is 0 Å². The van der Waals surface area contributed by atoms with Gasteiger partial charge in [0.25, 0.3) is 0 Å². The van der Waals surface area contributed by atoms with Gasteiger partial charge in [-0.05, 0) is 12.1 Å². The molecule has 0 N–H and O–H groups in total. The fourth-order valence-corrected chi connectivity index (χ4v) is 1.84. The minimum atomic E-state index is 0.232. The summed E-state index contributed by atoms with van der Waals surface area (Å²) in [7, 11) is 0. The Kier molecular flexibility index (Phi) is 3.02. The van der Waals surface area contributed by atoms with Gasteiger partial charge in [0, 0.05) is 15.8 Å². The van der Waals surface area contributed by atoms with Gasteiger partial charge in [-0.2, -0.15) is 0 Å². The quantitative estimate of drug-likeness (QED) is 0.509. The smallest absolute Gasteiger partial charge is 0.129 e. The lowest BCUT2D eigenvalue weighted by atomic mass is 10.3. The highest BCUT2D eigenvalue weighted by atomic mass is 35.5. The van der Waals surface area contributed by atoms with Crippen LogP contribution < -0.4 is 0 Å². The van der Waals surface area contributed by atoms with Crippen molar-refractivity contribution in [2.75, 3.05) is 0 Å². The highest BCUT2D eigenvalue weighted by Gasteiger charge is 2.11. The number of halogens is 1. The average molecular weight is 202 g/mol. The number of nitrogens with zero attached hydrogens (tertiary/aromatic N) is 1. The van der Waals surface area contributed by atoms with E-state index in [4.69, 9.17) is 11.6 Å². The Labute approximate surface area is 82.5 Å². The van der Waals surface area contributed by atoms with E-state index in [9.17, 15) is 0 Å². The zero-order chi connectivity index (χ0) is 9.19. The highest BCUT2D eigenvalue weighted by molar-refractivity contribution is 8.00. The summed E-state index contributed by atoms with van der Waals surface area (Å²) in [6.45, 7) is 6.52. The Balaban J connectivity index is 2.71. The fraction of sp³-hybridized carbons (Fsp3) is 0.444. The molecule has 0 amide bonds. The van der Waals surface area contributed by atoms with E-state index in [1.165, 1.54) is 0 Å². The summed E-state index contributed by atoms with van der Waals surface area (Å²) in [4.78, 5) is 5.17. The van der Waals surface area contributed by atoms with Crippen LogP contribution in [0.5, 0.6) is 0 Å². The van der Waals surface area contributed by atoms with Crippen LogP contribution in [0.2, 0.25) is 5.15 Å². The van der Waals surface area contributed by atoms with Crippen molar-refractivity contribution in [3.05, 3.63) is 23.5 Å². The Morgan fingerprint density at radius 3 is 2.42 bits per heavy atom. The molecule has 1 rings (SSSR count). The second-order valence-electron chi connectivity index (χ2n) is 3.53. The number of hydrogen-bond acceptors (Lipinski definition) is 2. The lowest BCUT2D eigenvalue weighted by Crippen LogP contribution is -2.06. The number of hydrogen-bond donors (Lipinski definition) is 0. The van der Waals surface area contributed by atoms with E-state index in [1.54, 1.807) is 18.0 Å². The molecule has 3 heteroatoms. The van der Waals surface area contributed by atoms with Crippen LogP contribution in [0.25, 0.3) is 0 Å². The molecule has 1 heterocycles. The molecule has 0 atom stereocenters. The van der Waals surface area contributed by atoms with Gasteiger partial charge in [0.05, 0.1) is 0 Å². The Morgan fingerprint density at radius 2 is 2.00 bits per heavy atom. The van der Waals surface area contributed by atoms with Crippen molar-refractivity contribution in [2.24, 2.45) is 0 Å². The van der Waals surface area contributed by atoms with Crippen LogP contribution in [0.4, 0.5) is 0 Å². The number of rotatable bonds is 1. The van der Waals surface area contributed by atoms with Crippen molar-refractivity contribution in [1.82, 2.24) is 4.98 Å². The molecule has 1 nitrogen and oxygen atoms in total. The molecule has 0 aliphatic carbocycles. The third-order valence-electron chi connectivity index (χ3n) is 1.12. The Morgan fingerprint density at radius 1 is 1.33 bits per heavy atom. The molecular formula is C9H12ClNS. The summed E-state index contributed by atoms with van der Waals surface area (Å²) in [5.74, 6) is 0. The molecule has 12 heavy (non-hydrogen) atoms. The second kappa shape index (κ2) is 3.67. The van der Waals surface area contributed by atoms with Crippen molar-refractivity contribution in [2.45, 2.75) is 30.4 Å². The standard InChI is InChI=1S/C9H12ClNS/c1-9(2,3)12-7-4-5-8(10)11-6-7/h4-6H,1-3H3. The van der Waals surface area contributed by atoms with Gasteiger partial charge in [-0.3, -0.25) is 0 Å². The van der Waals surface area contributed by atoms with Crippen LogP contribution in [0.15, 0.2) is 23.2 Å². The van der Waals surface area contributed by atoms with Crippen LogP contribution in [0.3, 0.4) is 0 Å². The van der Waals surface area contributed by atoms with E-state index in [0.717, 1.165) is 4.90 Å². The summed E-state index contributed by atoms with van der Waals surface area (Å²) < 4.78 is 0.232. The topological polar surface area (TPSA) is 12.9 Å². The Hall–Kier alpha value is -0.210. The molecule has 0 saturated heterocycles. The van der Waals surface area contributed by atoms with Crippen molar-refractivity contribution >= 4 is 23.4 Å². The maximum absolute atomic E-state index is 5.66. The van der Waals surface area contributed by atoms with Crippen LogP contribution in [-0.2, 0) is 0 Å². The number of aromatic nitrogens is 1. The predicted molar refractivity (Wildman–Crippen MR) is 54.9 cm³/mol. The van der Waals surface area contributed by atoms with Crippen LogP contribution in [-0.4, -0.2) is 9.73 Å². The summed E-state index contributed by atoms with van der Waals surface area (Å²) in [6.07, 6.45) is 1.80. The van der Waals surface area contributed by atoms with E-state index in [0.29, 0.717) is 5.15 Å². The van der Waals surface area contributed by atoms with Crippen LogP contribution >= 0.6 is 23.4 Å². The van der Waals surface area contributed by atoms with E-state index >= 15 is 0 Å². The van der Waals surface area contributed by atoms with Crippen molar-refractivity contribution in [3.63, 3.8) is 0 Å². The number of pyridine rings is 1. The first-order chi connectivity index (χ1) is 5.47. The molecule has 1 aromatic heterocycles. The normalized spacial score (nSPS) is 11.7. The van der Waals surface area contributed by atoms with Gasteiger partial charge in [-0.15, -0.1) is 11.8 Å². The van der Waals surface area contributed by atoms with Gasteiger partial charge in [-0.25, -0.2) is 4.98 Å². The molecule has 1 aromatic rings. The summed E-state index contributed by atoms with van der Waals surface area (Å²) in [5, 5.41) is 0.549. The summed E-state index contributed by atoms with van der Waals surface area (Å²) >= 11 is 7.45. The minimum Gasteiger partial charge on any atom is -0.243 e. The lowest BCUT2D eigenvalue weighted by molar-refractivity contribution is 0.802. The number of thioether (sulfide) groups is 1. The SMILES string of the molecule is CC(C)(C)Sc1ccc(Cl)nc1. The van der Waals surface area contributed by atoms with Gasteiger partial charge in [-0.1, -0.05) is 32.4 Å². The average Bonchev–Trinajstić information content (AvgIpc) is 1.91. The largest absolute Gasteiger partial charge is 0.243 e. The van der Waals surface area contributed by atoms with Gasteiger partial charge in [0.15, 0.2) is 0 Å². The maximum Gasteiger partial charge on any atom is 0.129 e. The van der Waals surface area contributed by atoms with Crippen molar-refractivity contribution in [1.29, 1.82) is 0 Å². The van der Waals surface area contributed by atoms with Gasteiger partial charge >= 0.3 is 0 Å². The molecule has 0 radical (unpaired) electrons. The molecule has 0 aromatic carbocycles. The maximum atomic E-state index is 5.66. The van der Waals surface area contributed by atoms with Crippen molar-refractivity contribution in [3.8, 4) is 0 Å². The minimum absolute atomic E-state index is 0.232. The van der Waals surface area contributed by atoms with E-state index < -0.39 is 0 Å². The lowest BCUT2D eigenvalue weighted by Gasteiger charge is -2.16. The molecule has 66 valence electrons. The van der Waals surface area contributed by atoms with Crippen molar-refractivity contribution < 1.29 is 0 Å². The first-order valence-corrected chi connectivity index (χ1v) is 4.97. The molecule has 0 saturated carbocycles. The van der Waals surface area contributed by atoms with Gasteiger partial charge in [0.1, 0.15) is 5.15 Å². The highest BCUT2D eigenvalue weighted by Crippen LogP contribution is 2.31. The molecule has 0 aliphatic heterocycles. The zero-order valence-corrected chi connectivity index (χ0v) is 9.04. The van der Waals surface area contributed by atoms with Gasteiger partial charge < -0.3 is 0 Å². The van der Waals surface area contributed by atoms with Crippen LogP contribution in [0, 0.1) is 0 Å². The first kappa shape index (κ1) is 9.87. The molecule has 0 fully saturated rings. The third-order valence-corrected chi connectivity index (χ3v) is 2.44. The van der Waals surface area contributed by atoms with Crippen LogP contribution in [0.1, 0.15) is 20.8 Å². The summed E-state index contributed by atoms with van der Waals surface area (Å²) in [6, 6.07) is 3.81. The zero-order valence-electron chi connectivity index (χ0n) is 7.47. The predicted octanol–water partition coefficient (Wildman–Crippen LogP) is 3.63.